The lowest BCUT2D eigenvalue weighted by molar-refractivity contribution is -0.121. The lowest BCUT2D eigenvalue weighted by atomic mass is 10.0. The van der Waals surface area contributed by atoms with Gasteiger partial charge < -0.3 is 9.64 Å². The molecular weight excluding hydrogens is 378 g/mol. The molecule has 2 atom stereocenters. The van der Waals surface area contributed by atoms with Crippen LogP contribution in [0.25, 0.3) is 5.57 Å². The first kappa shape index (κ1) is 19.3. The summed E-state index contributed by atoms with van der Waals surface area (Å²) in [6.07, 6.45) is -0.294. The van der Waals surface area contributed by atoms with Gasteiger partial charge in [0.05, 0.1) is 23.5 Å². The maximum Gasteiger partial charge on any atom is 0.282 e. The zero-order valence-electron chi connectivity index (χ0n) is 16.1. The summed E-state index contributed by atoms with van der Waals surface area (Å²) in [5.74, 6) is -2.35. The third-order valence-corrected chi connectivity index (χ3v) is 5.02. The van der Waals surface area contributed by atoms with Crippen molar-refractivity contribution in [2.75, 3.05) is 18.0 Å². The van der Waals surface area contributed by atoms with Gasteiger partial charge in [-0.15, -0.1) is 0 Å². The molecule has 2 amide bonds. The SMILES string of the molecule is CC1CN(C2=C(c3ccc(F)cc3)C(=O)N(c3ccccc3F)C2=O)CC(C)O1. The number of nitrogens with zero attached hydrogens (tertiary/aromatic N) is 2. The van der Waals surface area contributed by atoms with E-state index in [4.69, 9.17) is 4.74 Å². The van der Waals surface area contributed by atoms with Gasteiger partial charge in [0.2, 0.25) is 0 Å². The second-order valence-electron chi connectivity index (χ2n) is 7.29. The molecule has 29 heavy (non-hydrogen) atoms. The smallest absolute Gasteiger partial charge is 0.282 e. The van der Waals surface area contributed by atoms with Crippen LogP contribution in [0.5, 0.6) is 0 Å². The van der Waals surface area contributed by atoms with Crippen LogP contribution in [0.1, 0.15) is 19.4 Å². The van der Waals surface area contributed by atoms with E-state index in [0.717, 1.165) is 4.90 Å². The molecular formula is C22H20F2N2O3. The summed E-state index contributed by atoms with van der Waals surface area (Å²) in [7, 11) is 0. The van der Waals surface area contributed by atoms with Crippen LogP contribution in [0, 0.1) is 11.6 Å². The van der Waals surface area contributed by atoms with Crippen LogP contribution < -0.4 is 4.90 Å². The van der Waals surface area contributed by atoms with Crippen molar-refractivity contribution in [1.29, 1.82) is 0 Å². The second kappa shape index (κ2) is 7.40. The van der Waals surface area contributed by atoms with E-state index in [9.17, 15) is 18.4 Å². The second-order valence-corrected chi connectivity index (χ2v) is 7.29. The zero-order chi connectivity index (χ0) is 20.7. The largest absolute Gasteiger partial charge is 0.372 e. The van der Waals surface area contributed by atoms with E-state index in [1.54, 1.807) is 11.0 Å². The molecule has 1 saturated heterocycles. The Hall–Kier alpha value is -3.06. The van der Waals surface area contributed by atoms with Crippen molar-refractivity contribution in [2.45, 2.75) is 26.1 Å². The Balaban J connectivity index is 1.85. The average Bonchev–Trinajstić information content (AvgIpc) is 2.93. The van der Waals surface area contributed by atoms with Crippen molar-refractivity contribution in [3.05, 3.63) is 71.4 Å². The van der Waals surface area contributed by atoms with E-state index in [1.807, 2.05) is 13.8 Å². The van der Waals surface area contributed by atoms with E-state index in [2.05, 4.69) is 0 Å². The molecule has 2 aromatic rings. The summed E-state index contributed by atoms with van der Waals surface area (Å²) in [5.41, 5.74) is 0.628. The predicted octanol–water partition coefficient (Wildman–Crippen LogP) is 3.36. The Morgan fingerprint density at radius 3 is 2.14 bits per heavy atom. The number of carbonyl (C=O) groups excluding carboxylic acids is 2. The van der Waals surface area contributed by atoms with Gasteiger partial charge in [0, 0.05) is 13.1 Å². The lowest BCUT2D eigenvalue weighted by Gasteiger charge is -2.37. The van der Waals surface area contributed by atoms with Crippen LogP contribution in [-0.4, -0.2) is 42.0 Å². The number of anilines is 1. The number of ether oxygens (including phenoxy) is 1. The summed E-state index contributed by atoms with van der Waals surface area (Å²) in [4.78, 5) is 29.3. The average molecular weight is 398 g/mol. The Bertz CT molecular complexity index is 993. The van der Waals surface area contributed by atoms with Crippen molar-refractivity contribution in [3.8, 4) is 0 Å². The molecule has 2 unspecified atom stereocenters. The minimum atomic E-state index is -0.669. The summed E-state index contributed by atoms with van der Waals surface area (Å²) >= 11 is 0. The van der Waals surface area contributed by atoms with E-state index in [1.165, 1.54) is 42.5 Å². The van der Waals surface area contributed by atoms with Crippen molar-refractivity contribution in [2.24, 2.45) is 0 Å². The van der Waals surface area contributed by atoms with Crippen LogP contribution in [0.3, 0.4) is 0 Å². The van der Waals surface area contributed by atoms with Crippen molar-refractivity contribution in [1.82, 2.24) is 4.90 Å². The Kier molecular flexibility index (Phi) is 4.92. The number of hydrogen-bond acceptors (Lipinski definition) is 4. The van der Waals surface area contributed by atoms with E-state index in [0.29, 0.717) is 18.7 Å². The molecule has 5 nitrogen and oxygen atoms in total. The number of benzene rings is 2. The number of halogens is 2. The molecule has 0 aliphatic carbocycles. The van der Waals surface area contributed by atoms with Gasteiger partial charge in [0.1, 0.15) is 17.3 Å². The van der Waals surface area contributed by atoms with Gasteiger partial charge in [0.15, 0.2) is 0 Å². The van der Waals surface area contributed by atoms with Crippen molar-refractivity contribution < 1.29 is 23.1 Å². The Labute approximate surface area is 167 Å². The zero-order valence-corrected chi connectivity index (χ0v) is 16.1. The van der Waals surface area contributed by atoms with Gasteiger partial charge in [-0.25, -0.2) is 13.7 Å². The highest BCUT2D eigenvalue weighted by atomic mass is 19.1. The molecule has 0 saturated carbocycles. The van der Waals surface area contributed by atoms with Crippen LogP contribution in [0.15, 0.2) is 54.2 Å². The van der Waals surface area contributed by atoms with Crippen LogP contribution in [0.4, 0.5) is 14.5 Å². The summed E-state index contributed by atoms with van der Waals surface area (Å²) in [5, 5.41) is 0. The van der Waals surface area contributed by atoms with Crippen LogP contribution in [0.2, 0.25) is 0 Å². The number of imide groups is 1. The highest BCUT2D eigenvalue weighted by Gasteiger charge is 2.44. The predicted molar refractivity (Wildman–Crippen MR) is 104 cm³/mol. The Morgan fingerprint density at radius 2 is 1.52 bits per heavy atom. The molecule has 0 radical (unpaired) electrons. The first-order valence-electron chi connectivity index (χ1n) is 9.40. The fourth-order valence-corrected chi connectivity index (χ4v) is 3.90. The van der Waals surface area contributed by atoms with Crippen LogP contribution in [-0.2, 0) is 14.3 Å². The molecule has 2 aliphatic heterocycles. The van der Waals surface area contributed by atoms with Crippen LogP contribution >= 0.6 is 0 Å². The summed E-state index contributed by atoms with van der Waals surface area (Å²) < 4.78 is 33.6. The van der Waals surface area contributed by atoms with E-state index in [-0.39, 0.29) is 29.2 Å². The highest BCUT2D eigenvalue weighted by molar-refractivity contribution is 6.45. The monoisotopic (exact) mass is 398 g/mol. The van der Waals surface area contributed by atoms with Gasteiger partial charge in [-0.2, -0.15) is 0 Å². The lowest BCUT2D eigenvalue weighted by Crippen LogP contribution is -2.47. The molecule has 4 rings (SSSR count). The third kappa shape index (κ3) is 3.42. The number of amides is 2. The minimum Gasteiger partial charge on any atom is -0.372 e. The van der Waals surface area contributed by atoms with Gasteiger partial charge in [-0.3, -0.25) is 9.59 Å². The molecule has 2 aliphatic rings. The molecule has 0 aromatic heterocycles. The van der Waals surface area contributed by atoms with Gasteiger partial charge in [-0.1, -0.05) is 24.3 Å². The normalized spacial score (nSPS) is 22.6. The molecule has 150 valence electrons. The third-order valence-electron chi connectivity index (χ3n) is 5.02. The molecule has 0 N–H and O–H groups in total. The number of rotatable bonds is 3. The topological polar surface area (TPSA) is 49.9 Å². The maximum absolute atomic E-state index is 14.4. The summed E-state index contributed by atoms with van der Waals surface area (Å²) in [6.45, 7) is 4.59. The fourth-order valence-electron chi connectivity index (χ4n) is 3.90. The first-order chi connectivity index (χ1) is 13.9. The first-order valence-corrected chi connectivity index (χ1v) is 9.40. The molecule has 2 heterocycles. The molecule has 2 aromatic carbocycles. The summed E-state index contributed by atoms with van der Waals surface area (Å²) in [6, 6.07) is 11.0. The molecule has 0 spiro atoms. The van der Waals surface area contributed by atoms with Gasteiger partial charge >= 0.3 is 0 Å². The minimum absolute atomic E-state index is 0.105. The van der Waals surface area contributed by atoms with E-state index >= 15 is 0 Å². The van der Waals surface area contributed by atoms with Gasteiger partial charge in [-0.05, 0) is 43.7 Å². The van der Waals surface area contributed by atoms with Gasteiger partial charge in [0.25, 0.3) is 11.8 Å². The number of carbonyl (C=O) groups is 2. The highest BCUT2D eigenvalue weighted by Crippen LogP contribution is 2.36. The molecule has 0 bridgehead atoms. The maximum atomic E-state index is 14.4. The van der Waals surface area contributed by atoms with Crippen molar-refractivity contribution in [3.63, 3.8) is 0 Å². The molecule has 7 heteroatoms. The van der Waals surface area contributed by atoms with Crippen molar-refractivity contribution >= 4 is 23.1 Å². The number of morpholine rings is 1. The fraction of sp³-hybridized carbons (Fsp3) is 0.273. The molecule has 1 fully saturated rings. The number of hydrogen-bond donors (Lipinski definition) is 0. The standard InChI is InChI=1S/C22H20F2N2O3/c1-13-11-25(12-14(2)29-13)20-19(15-7-9-16(23)10-8-15)21(27)26(22(20)28)18-6-4-3-5-17(18)24/h3-10,13-14H,11-12H2,1-2H3. The Morgan fingerprint density at radius 1 is 0.897 bits per heavy atom. The number of para-hydroxylation sites is 1. The van der Waals surface area contributed by atoms with E-state index < -0.39 is 23.4 Å². The quantitative estimate of drug-likeness (QED) is 0.744.